The Morgan fingerprint density at radius 2 is 1.79 bits per heavy atom. The molecule has 0 unspecified atom stereocenters. The van der Waals surface area contributed by atoms with Crippen LogP contribution in [-0.2, 0) is 17.6 Å². The molecule has 2 aromatic rings. The summed E-state index contributed by atoms with van der Waals surface area (Å²) in [7, 11) is 0. The Morgan fingerprint density at radius 3 is 2.54 bits per heavy atom. The van der Waals surface area contributed by atoms with Gasteiger partial charge in [-0.3, -0.25) is 4.79 Å². The second-order valence-electron chi connectivity index (χ2n) is 6.27. The molecule has 1 aromatic heterocycles. The molecule has 1 aromatic carbocycles. The minimum absolute atomic E-state index is 0.0316. The zero-order chi connectivity index (χ0) is 16.5. The summed E-state index contributed by atoms with van der Waals surface area (Å²) in [6.45, 7) is 2.49. The highest BCUT2D eigenvalue weighted by atomic mass is 35.5. The van der Waals surface area contributed by atoms with Gasteiger partial charge < -0.3 is 9.64 Å². The highest BCUT2D eigenvalue weighted by molar-refractivity contribution is 6.30. The summed E-state index contributed by atoms with van der Waals surface area (Å²) in [6, 6.07) is 7.62. The van der Waals surface area contributed by atoms with Gasteiger partial charge in [-0.05, 0) is 49.9 Å². The average molecular weight is 346 g/mol. The van der Waals surface area contributed by atoms with E-state index in [-0.39, 0.29) is 5.91 Å². The Kier molecular flexibility index (Phi) is 4.29. The van der Waals surface area contributed by atoms with Gasteiger partial charge in [-0.25, -0.2) is 4.68 Å². The van der Waals surface area contributed by atoms with Crippen LogP contribution in [-0.4, -0.2) is 46.9 Å². The predicted molar refractivity (Wildman–Crippen MR) is 91.9 cm³/mol. The van der Waals surface area contributed by atoms with Crippen LogP contribution < -0.4 is 0 Å². The van der Waals surface area contributed by atoms with E-state index in [1.165, 1.54) is 5.69 Å². The molecule has 1 fully saturated rings. The number of carbonyl (C=O) groups is 1. The molecule has 6 heteroatoms. The van der Waals surface area contributed by atoms with Gasteiger partial charge in [0.15, 0.2) is 5.69 Å². The van der Waals surface area contributed by atoms with Gasteiger partial charge in [0.1, 0.15) is 0 Å². The van der Waals surface area contributed by atoms with Crippen LogP contribution in [0.25, 0.3) is 5.69 Å². The van der Waals surface area contributed by atoms with E-state index < -0.39 is 0 Å². The van der Waals surface area contributed by atoms with E-state index in [2.05, 4.69) is 0 Å². The lowest BCUT2D eigenvalue weighted by Gasteiger charge is -2.26. The number of fused-ring (bicyclic) bond motifs is 1. The number of hydrogen-bond acceptors (Lipinski definition) is 3. The first-order valence-electron chi connectivity index (χ1n) is 8.48. The highest BCUT2D eigenvalue weighted by Gasteiger charge is 2.29. The van der Waals surface area contributed by atoms with E-state index in [4.69, 9.17) is 21.4 Å². The molecule has 4 rings (SSSR count). The molecule has 0 radical (unpaired) electrons. The number of benzene rings is 1. The molecule has 0 spiro atoms. The molecule has 0 N–H and O–H groups in total. The molecule has 0 atom stereocenters. The SMILES string of the molecule is O=C(c1nn(-c2ccc(Cl)cc2)c2c1CCCC2)N1CCOCC1. The van der Waals surface area contributed by atoms with E-state index in [0.29, 0.717) is 37.0 Å². The topological polar surface area (TPSA) is 47.4 Å². The number of morpholine rings is 1. The number of halogens is 1. The standard InChI is InChI=1S/C18H20ClN3O2/c19-13-5-7-14(8-6-13)22-16-4-2-1-3-15(16)17(20-22)18(23)21-9-11-24-12-10-21/h5-8H,1-4,9-12H2. The van der Waals surface area contributed by atoms with Crippen LogP contribution in [0.1, 0.15) is 34.6 Å². The maximum absolute atomic E-state index is 12.9. The molecular formula is C18H20ClN3O2. The largest absolute Gasteiger partial charge is 0.378 e. The van der Waals surface area contributed by atoms with Crippen molar-refractivity contribution < 1.29 is 9.53 Å². The van der Waals surface area contributed by atoms with Crippen molar-refractivity contribution in [1.29, 1.82) is 0 Å². The first-order chi connectivity index (χ1) is 11.7. The van der Waals surface area contributed by atoms with Crippen molar-refractivity contribution in [2.45, 2.75) is 25.7 Å². The number of ether oxygens (including phenoxy) is 1. The monoisotopic (exact) mass is 345 g/mol. The Bertz CT molecular complexity index is 748. The Hall–Kier alpha value is -1.85. The lowest BCUT2D eigenvalue weighted by atomic mass is 9.95. The second kappa shape index (κ2) is 6.57. The summed E-state index contributed by atoms with van der Waals surface area (Å²) in [4.78, 5) is 14.8. The number of nitrogens with zero attached hydrogens (tertiary/aromatic N) is 3. The number of hydrogen-bond donors (Lipinski definition) is 0. The predicted octanol–water partition coefficient (Wildman–Crippen LogP) is 2.88. The molecular weight excluding hydrogens is 326 g/mol. The van der Waals surface area contributed by atoms with Gasteiger partial charge in [-0.1, -0.05) is 11.6 Å². The molecule has 126 valence electrons. The maximum atomic E-state index is 12.9. The smallest absolute Gasteiger partial charge is 0.274 e. The van der Waals surface area contributed by atoms with Crippen molar-refractivity contribution in [3.05, 3.63) is 46.2 Å². The molecule has 1 aliphatic heterocycles. The van der Waals surface area contributed by atoms with Crippen LogP contribution in [0.3, 0.4) is 0 Å². The van der Waals surface area contributed by atoms with Crippen molar-refractivity contribution in [3.63, 3.8) is 0 Å². The van der Waals surface area contributed by atoms with E-state index in [1.54, 1.807) is 0 Å². The molecule has 1 saturated heterocycles. The third-order valence-electron chi connectivity index (χ3n) is 4.75. The molecule has 5 nitrogen and oxygen atoms in total. The van der Waals surface area contributed by atoms with Crippen LogP contribution in [0.4, 0.5) is 0 Å². The summed E-state index contributed by atoms with van der Waals surface area (Å²) in [5.74, 6) is 0.0316. The number of rotatable bonds is 2. The quantitative estimate of drug-likeness (QED) is 0.840. The minimum atomic E-state index is 0.0316. The Morgan fingerprint density at radius 1 is 1.08 bits per heavy atom. The van der Waals surface area contributed by atoms with Gasteiger partial charge in [0.2, 0.25) is 0 Å². The maximum Gasteiger partial charge on any atom is 0.274 e. The highest BCUT2D eigenvalue weighted by Crippen LogP contribution is 2.28. The zero-order valence-electron chi connectivity index (χ0n) is 13.5. The fraction of sp³-hybridized carbons (Fsp3) is 0.444. The summed E-state index contributed by atoms with van der Waals surface area (Å²) in [5.41, 5.74) is 3.85. The van der Waals surface area contributed by atoms with E-state index in [0.717, 1.165) is 36.9 Å². The Labute approximate surface area is 146 Å². The first-order valence-corrected chi connectivity index (χ1v) is 8.85. The van der Waals surface area contributed by atoms with Gasteiger partial charge >= 0.3 is 0 Å². The van der Waals surface area contributed by atoms with Crippen LogP contribution in [0.5, 0.6) is 0 Å². The molecule has 1 aliphatic carbocycles. The summed E-state index contributed by atoms with van der Waals surface area (Å²) in [6.07, 6.45) is 4.13. The van der Waals surface area contributed by atoms with Gasteiger partial charge in [0.25, 0.3) is 5.91 Å². The third kappa shape index (κ3) is 2.82. The summed E-state index contributed by atoms with van der Waals surface area (Å²) in [5, 5.41) is 5.41. The second-order valence-corrected chi connectivity index (χ2v) is 6.71. The number of amides is 1. The normalized spacial score (nSPS) is 17.6. The minimum Gasteiger partial charge on any atom is -0.378 e. The van der Waals surface area contributed by atoms with Crippen LogP contribution in [0.2, 0.25) is 5.02 Å². The van der Waals surface area contributed by atoms with E-state index in [9.17, 15) is 4.79 Å². The van der Waals surface area contributed by atoms with Crippen LogP contribution in [0.15, 0.2) is 24.3 Å². The van der Waals surface area contributed by atoms with Crippen molar-refractivity contribution in [2.24, 2.45) is 0 Å². The third-order valence-corrected chi connectivity index (χ3v) is 5.00. The van der Waals surface area contributed by atoms with Gasteiger partial charge in [0, 0.05) is 29.4 Å². The van der Waals surface area contributed by atoms with E-state index >= 15 is 0 Å². The molecule has 24 heavy (non-hydrogen) atoms. The first kappa shape index (κ1) is 15.7. The van der Waals surface area contributed by atoms with Crippen molar-refractivity contribution in [2.75, 3.05) is 26.3 Å². The fourth-order valence-corrected chi connectivity index (χ4v) is 3.61. The summed E-state index contributed by atoms with van der Waals surface area (Å²) < 4.78 is 7.28. The summed E-state index contributed by atoms with van der Waals surface area (Å²) >= 11 is 6.00. The molecule has 2 heterocycles. The van der Waals surface area contributed by atoms with E-state index in [1.807, 2.05) is 33.8 Å². The lowest BCUT2D eigenvalue weighted by molar-refractivity contribution is 0.0298. The average Bonchev–Trinajstić information content (AvgIpc) is 3.02. The molecule has 1 amide bonds. The van der Waals surface area contributed by atoms with Crippen molar-refractivity contribution in [1.82, 2.24) is 14.7 Å². The van der Waals surface area contributed by atoms with Crippen LogP contribution in [0, 0.1) is 0 Å². The molecule has 0 saturated carbocycles. The fourth-order valence-electron chi connectivity index (χ4n) is 3.48. The molecule has 0 bridgehead atoms. The van der Waals surface area contributed by atoms with Crippen molar-refractivity contribution in [3.8, 4) is 5.69 Å². The lowest BCUT2D eigenvalue weighted by Crippen LogP contribution is -2.41. The number of carbonyl (C=O) groups excluding carboxylic acids is 1. The van der Waals surface area contributed by atoms with Crippen molar-refractivity contribution >= 4 is 17.5 Å². The number of aromatic nitrogens is 2. The van der Waals surface area contributed by atoms with Crippen LogP contribution >= 0.6 is 11.6 Å². The zero-order valence-corrected chi connectivity index (χ0v) is 14.3. The van der Waals surface area contributed by atoms with Gasteiger partial charge in [0.05, 0.1) is 18.9 Å². The molecule has 2 aliphatic rings. The Balaban J connectivity index is 1.74. The van der Waals surface area contributed by atoms with Gasteiger partial charge in [-0.2, -0.15) is 5.10 Å². The van der Waals surface area contributed by atoms with Gasteiger partial charge in [-0.15, -0.1) is 0 Å².